The number of aliphatic hydroxyl groups is 1. The third-order valence-electron chi connectivity index (χ3n) is 14.4. The predicted octanol–water partition coefficient (Wildman–Crippen LogP) is 6.54. The molecule has 0 bridgehead atoms. The zero-order chi connectivity index (χ0) is 62.2. The van der Waals surface area contributed by atoms with Crippen molar-refractivity contribution in [2.75, 3.05) is 97.0 Å². The minimum atomic E-state index is -1.00. The second kappa shape index (κ2) is 33.0. The number of pyridine rings is 2. The molecule has 6 heterocycles. The fraction of sp³-hybridized carbons (Fsp3) is 0.323. The quantitative estimate of drug-likeness (QED) is 0.0395. The van der Waals surface area contributed by atoms with Crippen LogP contribution >= 0.6 is 0 Å². The van der Waals surface area contributed by atoms with E-state index in [0.29, 0.717) is 40.7 Å². The van der Waals surface area contributed by atoms with Gasteiger partial charge in [0.05, 0.1) is 67.3 Å². The number of anilines is 2. The maximum Gasteiger partial charge on any atom is 0.263 e. The molecule has 8 aromatic rings. The van der Waals surface area contributed by atoms with Crippen LogP contribution in [0.5, 0.6) is 0 Å². The number of halogens is 4. The van der Waals surface area contributed by atoms with E-state index in [1.165, 1.54) is 41.2 Å². The van der Waals surface area contributed by atoms with Gasteiger partial charge < -0.3 is 55.2 Å². The fourth-order valence-corrected chi connectivity index (χ4v) is 9.60. The van der Waals surface area contributed by atoms with Gasteiger partial charge in [-0.3, -0.25) is 29.1 Å². The number of rotatable bonds is 18. The van der Waals surface area contributed by atoms with Crippen LogP contribution in [0.25, 0.3) is 22.1 Å². The van der Waals surface area contributed by atoms with Crippen LogP contribution in [0.15, 0.2) is 131 Å². The monoisotopic (exact) mass is 1200 g/mol. The van der Waals surface area contributed by atoms with Gasteiger partial charge in [-0.1, -0.05) is 35.8 Å². The van der Waals surface area contributed by atoms with Crippen molar-refractivity contribution in [1.82, 2.24) is 49.9 Å². The summed E-state index contributed by atoms with van der Waals surface area (Å²) in [5, 5.41) is 20.8. The summed E-state index contributed by atoms with van der Waals surface area (Å²) in [6.07, 6.45) is 11.0. The first kappa shape index (κ1) is 64.6. The summed E-state index contributed by atoms with van der Waals surface area (Å²) < 4.78 is 63.1. The van der Waals surface area contributed by atoms with Gasteiger partial charge in [-0.15, -0.1) is 0 Å². The molecule has 88 heavy (non-hydrogen) atoms. The number of benzene rings is 4. The van der Waals surface area contributed by atoms with Gasteiger partial charge in [-0.2, -0.15) is 0 Å². The van der Waals surface area contributed by atoms with E-state index in [2.05, 4.69) is 69.7 Å². The Morgan fingerprint density at radius 1 is 0.625 bits per heavy atom. The summed E-state index contributed by atoms with van der Waals surface area (Å²) >= 11 is 0. The number of nitrogens with one attached hydrogen (secondary N) is 5. The second-order valence-corrected chi connectivity index (χ2v) is 20.6. The number of piperidine rings is 2. The molecule has 0 radical (unpaired) electrons. The van der Waals surface area contributed by atoms with Gasteiger partial charge in [0.25, 0.3) is 22.9 Å². The Bertz CT molecular complexity index is 3920. The van der Waals surface area contributed by atoms with Crippen LogP contribution in [0.2, 0.25) is 0 Å². The lowest BCUT2D eigenvalue weighted by Crippen LogP contribution is -2.40. The van der Waals surface area contributed by atoms with E-state index in [1.807, 2.05) is 36.4 Å². The molecule has 2 fully saturated rings. The number of carbonyl (C=O) groups excluding carboxylic acids is 2. The van der Waals surface area contributed by atoms with Gasteiger partial charge in [0.2, 0.25) is 0 Å². The average molecular weight is 1210 g/mol. The zero-order valence-electron chi connectivity index (χ0n) is 48.8. The van der Waals surface area contributed by atoms with Gasteiger partial charge in [-0.05, 0) is 128 Å². The summed E-state index contributed by atoms with van der Waals surface area (Å²) in [6.45, 7) is 7.60. The lowest BCUT2D eigenvalue weighted by Gasteiger charge is -2.32. The van der Waals surface area contributed by atoms with Gasteiger partial charge in [0.1, 0.15) is 22.8 Å². The number of carbonyl (C=O) groups is 2. The minimum absolute atomic E-state index is 0.00675. The van der Waals surface area contributed by atoms with Crippen LogP contribution in [-0.2, 0) is 22.4 Å². The molecule has 2 saturated heterocycles. The largest absolute Gasteiger partial charge is 0.396 e. The van der Waals surface area contributed by atoms with Crippen LogP contribution in [0.4, 0.5) is 29.2 Å². The lowest BCUT2D eigenvalue weighted by atomic mass is 10.1. The smallest absolute Gasteiger partial charge is 0.263 e. The Morgan fingerprint density at radius 2 is 1.12 bits per heavy atom. The average Bonchev–Trinajstić information content (AvgIpc) is 3.53. The van der Waals surface area contributed by atoms with Gasteiger partial charge in [0.15, 0.2) is 23.3 Å². The number of fused-ring (bicyclic) bond motifs is 2. The van der Waals surface area contributed by atoms with Gasteiger partial charge >= 0.3 is 0 Å². The molecule has 0 aliphatic carbocycles. The first-order chi connectivity index (χ1) is 42.7. The van der Waals surface area contributed by atoms with Crippen LogP contribution in [0.3, 0.4) is 0 Å². The number of H-pyrrole nitrogens is 1. The van der Waals surface area contributed by atoms with Crippen LogP contribution in [0.1, 0.15) is 68.7 Å². The summed E-state index contributed by atoms with van der Waals surface area (Å²) in [4.78, 5) is 75.0. The fourth-order valence-electron chi connectivity index (χ4n) is 9.60. The highest BCUT2D eigenvalue weighted by atomic mass is 19.2. The van der Waals surface area contributed by atoms with Crippen LogP contribution in [-0.4, -0.2) is 155 Å². The van der Waals surface area contributed by atoms with Crippen molar-refractivity contribution in [2.45, 2.75) is 50.7 Å². The van der Waals surface area contributed by atoms with E-state index >= 15 is 0 Å². The number of hydrogen-bond donors (Lipinski definition) is 6. The Labute approximate surface area is 506 Å². The molecule has 0 unspecified atom stereocenters. The molecule has 10 rings (SSSR count). The number of aromatic nitrogens is 6. The number of nitrogens with zero attached hydrogens (tertiary/aromatic N) is 7. The van der Waals surface area contributed by atoms with Crippen molar-refractivity contribution >= 4 is 45.5 Å². The number of aliphatic hydroxyl groups excluding tert-OH is 1. The predicted molar refractivity (Wildman–Crippen MR) is 328 cm³/mol. The summed E-state index contributed by atoms with van der Waals surface area (Å²) in [5.74, 6) is 8.61. The Morgan fingerprint density at radius 3 is 1.62 bits per heavy atom. The first-order valence-electron chi connectivity index (χ1n) is 28.6. The summed E-state index contributed by atoms with van der Waals surface area (Å²) in [6, 6.07) is 24.9. The standard InChI is InChI=1S/C32H32F2N6O3.C25H28N6O3.C8H8F2O/c1-43-17-16-39-14-10-24(11-15-39)37-30-20-36-28-9-7-22(19-29(28)38-30)4-2-12-35-31(41)25-5-3-13-40(32(25)42)21-23-6-8-26(33)27(34)18-23;1-34-15-14-31-12-8-19(9-13-31)29-23-17-28-21-7-6-18(16-22(21)30-23)4-2-10-26-24(32)20-5-3-11-27-25(20)33;9-7-2-1-6(3-4-11)5-8(7)10/h3,5-9,13,18-20,24H,10-12,14-17,21H2,1H3,(H,35,41)(H,37,38);3,5-7,11,16-17,19H,8-10,12-15H2,1H3,(H,26,32)(H,27,33)(H,29,30);1-2,5,11H,3-4H2. The molecule has 6 N–H and O–H groups in total. The topological polar surface area (TPSA) is 234 Å². The Balaban J connectivity index is 0.000000198. The van der Waals surface area contributed by atoms with Crippen LogP contribution in [0, 0.1) is 47.0 Å². The third-order valence-corrected chi connectivity index (χ3v) is 14.4. The van der Waals surface area contributed by atoms with Crippen molar-refractivity contribution in [3.8, 4) is 23.7 Å². The molecular formula is C65H68F4N12O7. The molecule has 458 valence electrons. The van der Waals surface area contributed by atoms with E-state index in [0.717, 1.165) is 136 Å². The highest BCUT2D eigenvalue weighted by Crippen LogP contribution is 2.21. The molecule has 0 saturated carbocycles. The molecule has 2 amide bonds. The summed E-state index contributed by atoms with van der Waals surface area (Å²) in [7, 11) is 3.45. The molecule has 2 aliphatic rings. The molecule has 23 heteroatoms. The number of amides is 2. The Kier molecular flexibility index (Phi) is 24.2. The highest BCUT2D eigenvalue weighted by molar-refractivity contribution is 5.94. The lowest BCUT2D eigenvalue weighted by molar-refractivity contribution is 0.0948. The molecule has 19 nitrogen and oxygen atoms in total. The summed E-state index contributed by atoms with van der Waals surface area (Å²) in [5.41, 5.74) is 4.51. The second-order valence-electron chi connectivity index (χ2n) is 20.6. The van der Waals surface area contributed by atoms with Crippen molar-refractivity contribution in [3.05, 3.63) is 199 Å². The maximum atomic E-state index is 13.6. The highest BCUT2D eigenvalue weighted by Gasteiger charge is 2.21. The normalized spacial score (nSPS) is 13.6. The molecule has 0 spiro atoms. The van der Waals surface area contributed by atoms with E-state index in [1.54, 1.807) is 38.7 Å². The maximum absolute atomic E-state index is 13.6. The number of aromatic amines is 1. The molecule has 0 atom stereocenters. The molecular weight excluding hydrogens is 1140 g/mol. The van der Waals surface area contributed by atoms with Crippen molar-refractivity contribution < 1.29 is 41.7 Å². The van der Waals surface area contributed by atoms with E-state index in [-0.39, 0.29) is 37.4 Å². The SMILES string of the molecule is COCCN1CCC(Nc2cnc3ccc(C#CCNC(=O)c4ccc[nH]c4=O)cc3n2)CC1.COCCN1CCC(Nc2cnc3ccc(C#CCNC(=O)c4cccn(Cc5ccc(F)c(F)c5)c4=O)cc3n2)CC1.OCCc1ccc(F)c(F)c1. The van der Waals surface area contributed by atoms with E-state index < -0.39 is 46.2 Å². The van der Waals surface area contributed by atoms with Crippen molar-refractivity contribution in [3.63, 3.8) is 0 Å². The van der Waals surface area contributed by atoms with E-state index in [9.17, 15) is 36.7 Å². The van der Waals surface area contributed by atoms with Crippen LogP contribution < -0.4 is 32.4 Å². The Hall–Kier alpha value is -9.36. The van der Waals surface area contributed by atoms with Gasteiger partial charge in [-0.25, -0.2) is 27.5 Å². The molecule has 2 aliphatic heterocycles. The van der Waals surface area contributed by atoms with Crippen molar-refractivity contribution in [1.29, 1.82) is 0 Å². The third kappa shape index (κ3) is 19.3. The number of hydrogen-bond acceptors (Lipinski definition) is 15. The molecule has 4 aromatic carbocycles. The number of ether oxygens (including phenoxy) is 2. The molecule has 4 aromatic heterocycles. The minimum Gasteiger partial charge on any atom is -0.396 e. The van der Waals surface area contributed by atoms with Crippen molar-refractivity contribution in [2.24, 2.45) is 0 Å². The number of likely N-dealkylation sites (tertiary alicyclic amines) is 2. The van der Waals surface area contributed by atoms with Gasteiger partial charge in [0, 0.05) is 95.7 Å². The number of methoxy groups -OCH3 is 2. The zero-order valence-corrected chi connectivity index (χ0v) is 48.8. The first-order valence-corrected chi connectivity index (χ1v) is 28.6. The van der Waals surface area contributed by atoms with E-state index in [4.69, 9.17) is 24.5 Å².